The van der Waals surface area contributed by atoms with Gasteiger partial charge in [-0.05, 0) is 36.9 Å². The lowest BCUT2D eigenvalue weighted by Gasteiger charge is -2.21. The molecule has 18 heavy (non-hydrogen) atoms. The normalized spacial score (nSPS) is 26.5. The van der Waals surface area contributed by atoms with Crippen molar-refractivity contribution in [1.82, 2.24) is 5.32 Å². The van der Waals surface area contributed by atoms with E-state index in [1.807, 2.05) is 12.1 Å². The van der Waals surface area contributed by atoms with Gasteiger partial charge in [0, 0.05) is 12.5 Å². The Morgan fingerprint density at radius 1 is 1.39 bits per heavy atom. The van der Waals surface area contributed by atoms with Crippen LogP contribution in [0.3, 0.4) is 0 Å². The van der Waals surface area contributed by atoms with E-state index in [9.17, 15) is 4.79 Å². The van der Waals surface area contributed by atoms with E-state index in [1.54, 1.807) is 0 Å². The lowest BCUT2D eigenvalue weighted by molar-refractivity contribution is 0.0902. The first-order valence-electron chi connectivity index (χ1n) is 6.77. The Balaban J connectivity index is 1.94. The van der Waals surface area contributed by atoms with Crippen molar-refractivity contribution in [3.63, 3.8) is 0 Å². The van der Waals surface area contributed by atoms with E-state index >= 15 is 0 Å². The van der Waals surface area contributed by atoms with Crippen molar-refractivity contribution in [3.05, 3.63) is 29.3 Å². The minimum absolute atomic E-state index is 0.0991. The topological polar surface area (TPSA) is 38.3 Å². The Morgan fingerprint density at radius 3 is 3.06 bits per heavy atom. The zero-order valence-corrected chi connectivity index (χ0v) is 10.7. The van der Waals surface area contributed by atoms with Crippen molar-refractivity contribution in [3.8, 4) is 5.75 Å². The minimum atomic E-state index is 0.0991. The summed E-state index contributed by atoms with van der Waals surface area (Å²) in [6.07, 6.45) is 2.07. The van der Waals surface area contributed by atoms with Gasteiger partial charge in [-0.3, -0.25) is 4.79 Å². The fourth-order valence-electron chi connectivity index (χ4n) is 2.94. The van der Waals surface area contributed by atoms with Crippen LogP contribution in [0.1, 0.15) is 29.3 Å². The van der Waals surface area contributed by atoms with E-state index in [0.717, 1.165) is 43.9 Å². The number of rotatable bonds is 2. The van der Waals surface area contributed by atoms with Crippen LogP contribution in [-0.2, 0) is 6.42 Å². The molecule has 1 aromatic rings. The lowest BCUT2D eigenvalue weighted by atomic mass is 9.88. The van der Waals surface area contributed by atoms with Crippen molar-refractivity contribution in [1.29, 1.82) is 0 Å². The lowest BCUT2D eigenvalue weighted by Crippen LogP contribution is -2.23. The van der Waals surface area contributed by atoms with E-state index in [-0.39, 0.29) is 11.7 Å². The molecule has 0 aliphatic carbocycles. The largest absolute Gasteiger partial charge is 0.493 e. The summed E-state index contributed by atoms with van der Waals surface area (Å²) in [6, 6.07) is 5.97. The number of ether oxygens (including phenoxy) is 1. The van der Waals surface area contributed by atoms with Crippen molar-refractivity contribution >= 4 is 5.78 Å². The predicted octanol–water partition coefficient (Wildman–Crippen LogP) is 2.05. The van der Waals surface area contributed by atoms with Gasteiger partial charge < -0.3 is 10.1 Å². The molecule has 1 N–H and O–H groups in total. The highest BCUT2D eigenvalue weighted by molar-refractivity contribution is 6.01. The first kappa shape index (κ1) is 11.7. The number of hydrogen-bond donors (Lipinski definition) is 1. The maximum absolute atomic E-state index is 12.6. The number of fused-ring (bicyclic) bond motifs is 1. The highest BCUT2D eigenvalue weighted by Gasteiger charge is 2.32. The van der Waals surface area contributed by atoms with Gasteiger partial charge in [-0.25, -0.2) is 0 Å². The molecule has 2 aliphatic rings. The summed E-state index contributed by atoms with van der Waals surface area (Å²) in [7, 11) is 0. The van der Waals surface area contributed by atoms with Gasteiger partial charge in [0.1, 0.15) is 5.75 Å². The maximum atomic E-state index is 12.6. The average molecular weight is 245 g/mol. The van der Waals surface area contributed by atoms with Crippen LogP contribution in [0.5, 0.6) is 5.75 Å². The number of benzene rings is 1. The fourth-order valence-corrected chi connectivity index (χ4v) is 2.94. The van der Waals surface area contributed by atoms with Crippen molar-refractivity contribution < 1.29 is 9.53 Å². The molecular formula is C15H19NO2. The van der Waals surface area contributed by atoms with Crippen LogP contribution in [0, 0.1) is 11.8 Å². The number of para-hydroxylation sites is 1. The highest BCUT2D eigenvalue weighted by Crippen LogP contribution is 2.32. The molecule has 0 bridgehead atoms. The molecule has 1 saturated heterocycles. The molecule has 0 amide bonds. The van der Waals surface area contributed by atoms with Crippen LogP contribution in [-0.4, -0.2) is 25.5 Å². The zero-order chi connectivity index (χ0) is 12.5. The van der Waals surface area contributed by atoms with Crippen LogP contribution in [0.4, 0.5) is 0 Å². The number of nitrogens with one attached hydrogen (secondary N) is 1. The number of carbonyl (C=O) groups is 1. The molecule has 3 rings (SSSR count). The summed E-state index contributed by atoms with van der Waals surface area (Å²) < 4.78 is 5.73. The fraction of sp³-hybridized carbons (Fsp3) is 0.533. The number of ketones is 1. The second-order valence-corrected chi connectivity index (χ2v) is 5.35. The summed E-state index contributed by atoms with van der Waals surface area (Å²) in [5, 5.41) is 3.29. The van der Waals surface area contributed by atoms with Gasteiger partial charge in [0.15, 0.2) is 5.78 Å². The molecule has 0 spiro atoms. The molecule has 96 valence electrons. The van der Waals surface area contributed by atoms with Crippen molar-refractivity contribution in [2.45, 2.75) is 19.8 Å². The van der Waals surface area contributed by atoms with Crippen molar-refractivity contribution in [2.24, 2.45) is 11.8 Å². The van der Waals surface area contributed by atoms with Gasteiger partial charge in [0.25, 0.3) is 0 Å². The van der Waals surface area contributed by atoms with E-state index in [2.05, 4.69) is 18.3 Å². The van der Waals surface area contributed by atoms with Crippen LogP contribution in [0.25, 0.3) is 0 Å². The van der Waals surface area contributed by atoms with Crippen LogP contribution in [0.2, 0.25) is 0 Å². The minimum Gasteiger partial charge on any atom is -0.493 e. The van der Waals surface area contributed by atoms with E-state index in [1.165, 1.54) is 5.56 Å². The van der Waals surface area contributed by atoms with Gasteiger partial charge in [-0.2, -0.15) is 0 Å². The molecule has 2 aliphatic heterocycles. The summed E-state index contributed by atoms with van der Waals surface area (Å²) in [6.45, 7) is 4.60. The quantitative estimate of drug-likeness (QED) is 0.810. The maximum Gasteiger partial charge on any atom is 0.171 e. The zero-order valence-electron chi connectivity index (χ0n) is 10.7. The van der Waals surface area contributed by atoms with Gasteiger partial charge in [0.05, 0.1) is 12.2 Å². The summed E-state index contributed by atoms with van der Waals surface area (Å²) >= 11 is 0. The molecule has 2 heterocycles. The molecule has 0 aromatic heterocycles. The highest BCUT2D eigenvalue weighted by atomic mass is 16.5. The Kier molecular flexibility index (Phi) is 3.08. The number of Topliss-reactive ketones (excluding diaryl/α,β-unsaturated/α-hetero) is 1. The number of carbonyl (C=O) groups excluding carboxylic acids is 1. The Morgan fingerprint density at radius 2 is 2.28 bits per heavy atom. The van der Waals surface area contributed by atoms with Crippen molar-refractivity contribution in [2.75, 3.05) is 19.7 Å². The van der Waals surface area contributed by atoms with Gasteiger partial charge >= 0.3 is 0 Å². The molecule has 1 fully saturated rings. The van der Waals surface area contributed by atoms with Crippen LogP contribution < -0.4 is 10.1 Å². The van der Waals surface area contributed by atoms with E-state index in [0.29, 0.717) is 5.92 Å². The Bertz CT molecular complexity index is 470. The molecule has 0 saturated carbocycles. The molecule has 3 heteroatoms. The Labute approximate surface area is 108 Å². The monoisotopic (exact) mass is 245 g/mol. The predicted molar refractivity (Wildman–Crippen MR) is 70.1 cm³/mol. The molecular weight excluding hydrogens is 226 g/mol. The summed E-state index contributed by atoms with van der Waals surface area (Å²) in [4.78, 5) is 12.6. The molecule has 2 atom stereocenters. The van der Waals surface area contributed by atoms with Crippen LogP contribution >= 0.6 is 0 Å². The second kappa shape index (κ2) is 4.73. The average Bonchev–Trinajstić information content (AvgIpc) is 2.83. The summed E-state index contributed by atoms with van der Waals surface area (Å²) in [5.74, 6) is 1.60. The molecule has 2 unspecified atom stereocenters. The van der Waals surface area contributed by atoms with Gasteiger partial charge in [-0.15, -0.1) is 0 Å². The second-order valence-electron chi connectivity index (χ2n) is 5.35. The first-order valence-corrected chi connectivity index (χ1v) is 6.77. The third-order valence-corrected chi connectivity index (χ3v) is 4.05. The Hall–Kier alpha value is -1.35. The van der Waals surface area contributed by atoms with Gasteiger partial charge in [-0.1, -0.05) is 19.1 Å². The third-order valence-electron chi connectivity index (χ3n) is 4.05. The molecule has 3 nitrogen and oxygen atoms in total. The first-order chi connectivity index (χ1) is 8.77. The molecule has 0 radical (unpaired) electrons. The number of aryl methyl sites for hydroxylation is 1. The van der Waals surface area contributed by atoms with Gasteiger partial charge in [0.2, 0.25) is 0 Å². The van der Waals surface area contributed by atoms with Crippen LogP contribution in [0.15, 0.2) is 18.2 Å². The molecule has 1 aromatic carbocycles. The smallest absolute Gasteiger partial charge is 0.171 e. The van der Waals surface area contributed by atoms with E-state index < -0.39 is 0 Å². The standard InChI is InChI=1S/C15H19NO2/c1-10-8-16-9-13(10)14(17)12-6-2-4-11-5-3-7-18-15(11)12/h2,4,6,10,13,16H,3,5,7-9H2,1H3. The summed E-state index contributed by atoms with van der Waals surface area (Å²) in [5.41, 5.74) is 1.97. The van der Waals surface area contributed by atoms with E-state index in [4.69, 9.17) is 4.74 Å². The SMILES string of the molecule is CC1CNCC1C(=O)c1cccc2c1OCCC2. The third kappa shape index (κ3) is 1.93. The number of hydrogen-bond acceptors (Lipinski definition) is 3.